The van der Waals surface area contributed by atoms with Crippen molar-refractivity contribution in [2.45, 2.75) is 6.92 Å². The minimum absolute atomic E-state index is 0.0408. The van der Waals surface area contributed by atoms with E-state index in [9.17, 15) is 19.2 Å². The summed E-state index contributed by atoms with van der Waals surface area (Å²) in [7, 11) is 1.48. The summed E-state index contributed by atoms with van der Waals surface area (Å²) in [6.45, 7) is 1.85. The van der Waals surface area contributed by atoms with Crippen LogP contribution in [0.15, 0.2) is 48.0 Å². The summed E-state index contributed by atoms with van der Waals surface area (Å²) in [5, 5.41) is 2.14. The Kier molecular flexibility index (Phi) is 7.10. The Bertz CT molecular complexity index is 1180. The quantitative estimate of drug-likeness (QED) is 0.300. The fourth-order valence-corrected chi connectivity index (χ4v) is 3.01. The molecule has 9 nitrogen and oxygen atoms in total. The molecule has 0 atom stereocenters. The van der Waals surface area contributed by atoms with Crippen molar-refractivity contribution in [1.82, 2.24) is 5.32 Å². The highest BCUT2D eigenvalue weighted by molar-refractivity contribution is 6.39. The van der Waals surface area contributed by atoms with Crippen molar-refractivity contribution in [1.29, 1.82) is 0 Å². The van der Waals surface area contributed by atoms with Crippen molar-refractivity contribution in [2.24, 2.45) is 0 Å². The highest BCUT2D eigenvalue weighted by Crippen LogP contribution is 2.29. The van der Waals surface area contributed by atoms with Crippen LogP contribution in [0.5, 0.6) is 11.5 Å². The van der Waals surface area contributed by atoms with Crippen molar-refractivity contribution < 1.29 is 33.4 Å². The second-order valence-electron chi connectivity index (χ2n) is 6.62. The number of benzene rings is 2. The first-order chi connectivity index (χ1) is 15.9. The zero-order chi connectivity index (χ0) is 24.0. The van der Waals surface area contributed by atoms with Crippen LogP contribution in [0, 0.1) is 12.3 Å². The monoisotopic (exact) mass is 448 g/mol. The molecule has 0 radical (unpaired) electrons. The number of amides is 4. The van der Waals surface area contributed by atoms with E-state index in [0.717, 1.165) is 4.90 Å². The molecule has 1 aliphatic heterocycles. The molecule has 1 saturated heterocycles. The van der Waals surface area contributed by atoms with Crippen LogP contribution in [0.3, 0.4) is 0 Å². The van der Waals surface area contributed by atoms with Crippen LogP contribution in [0.25, 0.3) is 6.08 Å². The number of anilines is 1. The van der Waals surface area contributed by atoms with E-state index in [1.165, 1.54) is 37.5 Å². The van der Waals surface area contributed by atoms with E-state index in [1.807, 2.05) is 0 Å². The third-order valence-corrected chi connectivity index (χ3v) is 4.57. The van der Waals surface area contributed by atoms with E-state index in [4.69, 9.17) is 20.6 Å². The number of rotatable bonds is 7. The molecule has 2 aromatic carbocycles. The predicted molar refractivity (Wildman–Crippen MR) is 119 cm³/mol. The molecular weight excluding hydrogens is 428 g/mol. The molecule has 1 heterocycles. The largest absolute Gasteiger partial charge is 0.497 e. The molecule has 1 N–H and O–H groups in total. The smallest absolute Gasteiger partial charge is 0.338 e. The SMILES string of the molecule is C#CCOc1cc(OC)ccc1/C=C1\C(=O)NC(=O)N(c2ccc(C(=O)OCC)cc2)C1=O. The van der Waals surface area contributed by atoms with Gasteiger partial charge in [-0.2, -0.15) is 0 Å². The lowest BCUT2D eigenvalue weighted by Crippen LogP contribution is -2.54. The molecule has 0 aromatic heterocycles. The second-order valence-corrected chi connectivity index (χ2v) is 6.62. The van der Waals surface area contributed by atoms with E-state index >= 15 is 0 Å². The first-order valence-electron chi connectivity index (χ1n) is 9.82. The van der Waals surface area contributed by atoms with Gasteiger partial charge in [0.15, 0.2) is 0 Å². The summed E-state index contributed by atoms with van der Waals surface area (Å²) in [5.74, 6) is 0.890. The summed E-state index contributed by atoms with van der Waals surface area (Å²) < 4.78 is 15.6. The number of hydrogen-bond acceptors (Lipinski definition) is 7. The number of terminal acetylenes is 1. The van der Waals surface area contributed by atoms with Crippen molar-refractivity contribution in [3.05, 3.63) is 59.2 Å². The van der Waals surface area contributed by atoms with Gasteiger partial charge < -0.3 is 14.2 Å². The molecule has 3 rings (SSSR count). The minimum atomic E-state index is -0.912. The molecule has 0 unspecified atom stereocenters. The van der Waals surface area contributed by atoms with Gasteiger partial charge in [-0.15, -0.1) is 6.42 Å². The van der Waals surface area contributed by atoms with Gasteiger partial charge in [0.05, 0.1) is 25.0 Å². The third kappa shape index (κ3) is 5.02. The van der Waals surface area contributed by atoms with Gasteiger partial charge in [-0.25, -0.2) is 14.5 Å². The first kappa shape index (κ1) is 23.1. The zero-order valence-corrected chi connectivity index (χ0v) is 17.9. The standard InChI is InChI=1S/C24H20N2O7/c1-4-12-33-20-14-18(31-3)11-8-16(20)13-19-21(27)25-24(30)26(22(19)28)17-9-6-15(7-10-17)23(29)32-5-2/h1,6-11,13-14H,5,12H2,2-3H3,(H,25,27,30)/b19-13+. The van der Waals surface area contributed by atoms with E-state index in [-0.39, 0.29) is 30.0 Å². The molecule has 2 aromatic rings. The van der Waals surface area contributed by atoms with Gasteiger partial charge in [0.25, 0.3) is 11.8 Å². The Hall–Kier alpha value is -4.58. The summed E-state index contributed by atoms with van der Waals surface area (Å²) >= 11 is 0. The number of methoxy groups -OCH3 is 1. The maximum Gasteiger partial charge on any atom is 0.338 e. The lowest BCUT2D eigenvalue weighted by Gasteiger charge is -2.26. The Morgan fingerprint density at radius 2 is 1.88 bits per heavy atom. The molecule has 9 heteroatoms. The number of nitrogens with zero attached hydrogens (tertiary/aromatic N) is 1. The summed E-state index contributed by atoms with van der Waals surface area (Å²) in [4.78, 5) is 50.6. The second kappa shape index (κ2) is 10.2. The molecule has 0 aliphatic carbocycles. The number of carbonyl (C=O) groups excluding carboxylic acids is 4. The van der Waals surface area contributed by atoms with Gasteiger partial charge in [0, 0.05) is 11.6 Å². The summed E-state index contributed by atoms with van der Waals surface area (Å²) in [6, 6.07) is 9.52. The van der Waals surface area contributed by atoms with Crippen LogP contribution < -0.4 is 19.7 Å². The van der Waals surface area contributed by atoms with Gasteiger partial charge in [-0.1, -0.05) is 5.92 Å². The van der Waals surface area contributed by atoms with E-state index < -0.39 is 23.8 Å². The number of esters is 1. The molecular formula is C24H20N2O7. The Morgan fingerprint density at radius 3 is 2.52 bits per heavy atom. The van der Waals surface area contributed by atoms with Crippen LogP contribution >= 0.6 is 0 Å². The van der Waals surface area contributed by atoms with Crippen molar-refractivity contribution in [3.63, 3.8) is 0 Å². The van der Waals surface area contributed by atoms with Gasteiger partial charge in [-0.05, 0) is 49.4 Å². The van der Waals surface area contributed by atoms with Gasteiger partial charge in [-0.3, -0.25) is 14.9 Å². The highest BCUT2D eigenvalue weighted by atomic mass is 16.5. The lowest BCUT2D eigenvalue weighted by atomic mass is 10.1. The molecule has 4 amide bonds. The van der Waals surface area contributed by atoms with Crippen LogP contribution in [-0.4, -0.2) is 44.1 Å². The Labute approximate surface area is 189 Å². The summed E-state index contributed by atoms with van der Waals surface area (Å²) in [5.41, 5.74) is 0.518. The highest BCUT2D eigenvalue weighted by Gasteiger charge is 2.37. The van der Waals surface area contributed by atoms with Crippen LogP contribution in [-0.2, 0) is 14.3 Å². The van der Waals surface area contributed by atoms with E-state index in [2.05, 4.69) is 11.2 Å². The van der Waals surface area contributed by atoms with Gasteiger partial charge in [0.1, 0.15) is 23.7 Å². The average Bonchev–Trinajstić information content (AvgIpc) is 2.81. The topological polar surface area (TPSA) is 111 Å². The van der Waals surface area contributed by atoms with E-state index in [1.54, 1.807) is 25.1 Å². The van der Waals surface area contributed by atoms with E-state index in [0.29, 0.717) is 17.1 Å². The zero-order valence-electron chi connectivity index (χ0n) is 17.9. The van der Waals surface area contributed by atoms with Crippen LogP contribution in [0.1, 0.15) is 22.8 Å². The molecule has 0 saturated carbocycles. The lowest BCUT2D eigenvalue weighted by molar-refractivity contribution is -0.122. The van der Waals surface area contributed by atoms with Crippen molar-refractivity contribution in [2.75, 3.05) is 25.2 Å². The molecule has 1 aliphatic rings. The maximum atomic E-state index is 13.1. The normalized spacial score (nSPS) is 14.5. The third-order valence-electron chi connectivity index (χ3n) is 4.57. The molecule has 0 bridgehead atoms. The average molecular weight is 448 g/mol. The Morgan fingerprint density at radius 1 is 1.15 bits per heavy atom. The van der Waals surface area contributed by atoms with Crippen LogP contribution in [0.2, 0.25) is 0 Å². The number of nitrogens with one attached hydrogen (secondary N) is 1. The molecule has 33 heavy (non-hydrogen) atoms. The van der Waals surface area contributed by atoms with Crippen molar-refractivity contribution in [3.8, 4) is 23.8 Å². The number of hydrogen-bond donors (Lipinski definition) is 1. The predicted octanol–water partition coefficient (Wildman–Crippen LogP) is 2.55. The fraction of sp³-hybridized carbons (Fsp3) is 0.167. The van der Waals surface area contributed by atoms with Crippen LogP contribution in [0.4, 0.5) is 10.5 Å². The number of carbonyl (C=O) groups is 4. The molecule has 1 fully saturated rings. The van der Waals surface area contributed by atoms with Gasteiger partial charge in [0.2, 0.25) is 0 Å². The number of urea groups is 1. The fourth-order valence-electron chi connectivity index (χ4n) is 3.01. The summed E-state index contributed by atoms with van der Waals surface area (Å²) in [6.07, 6.45) is 6.56. The maximum absolute atomic E-state index is 13.1. The van der Waals surface area contributed by atoms with Crippen molar-refractivity contribution >= 4 is 35.6 Å². The minimum Gasteiger partial charge on any atom is -0.497 e. The number of ether oxygens (including phenoxy) is 3. The number of barbiturate groups is 1. The van der Waals surface area contributed by atoms with Gasteiger partial charge >= 0.3 is 12.0 Å². The number of imide groups is 2. The molecule has 168 valence electrons. The first-order valence-corrected chi connectivity index (χ1v) is 9.82. The Balaban J connectivity index is 1.96. The molecule has 0 spiro atoms.